The van der Waals surface area contributed by atoms with E-state index in [9.17, 15) is 9.59 Å². The van der Waals surface area contributed by atoms with Crippen molar-refractivity contribution >= 4 is 11.9 Å². The van der Waals surface area contributed by atoms with Crippen LogP contribution >= 0.6 is 0 Å². The number of rotatable bonds is 11. The first-order chi connectivity index (χ1) is 13.7. The number of hydrogen-bond acceptors (Lipinski definition) is 4. The molecule has 150 valence electrons. The minimum Gasteiger partial charge on any atom is -0.462 e. The van der Waals surface area contributed by atoms with E-state index in [4.69, 9.17) is 9.47 Å². The molecule has 28 heavy (non-hydrogen) atoms. The highest BCUT2D eigenvalue weighted by molar-refractivity contribution is 5.92. The van der Waals surface area contributed by atoms with Crippen LogP contribution in [-0.4, -0.2) is 25.2 Å². The summed E-state index contributed by atoms with van der Waals surface area (Å²) in [5.74, 6) is -0.602. The zero-order valence-electron chi connectivity index (χ0n) is 16.9. The van der Waals surface area contributed by atoms with Crippen LogP contribution in [0.1, 0.15) is 73.1 Å². The quantitative estimate of drug-likeness (QED) is 0.351. The summed E-state index contributed by atoms with van der Waals surface area (Å²) in [6.07, 6.45) is 6.16. The van der Waals surface area contributed by atoms with Gasteiger partial charge in [0, 0.05) is 0 Å². The molecule has 0 spiro atoms. The Hall–Kier alpha value is -2.62. The van der Waals surface area contributed by atoms with Crippen LogP contribution < -0.4 is 0 Å². The highest BCUT2D eigenvalue weighted by Gasteiger charge is 2.10. The highest BCUT2D eigenvalue weighted by atomic mass is 16.5. The molecule has 0 atom stereocenters. The maximum atomic E-state index is 12.1. The summed E-state index contributed by atoms with van der Waals surface area (Å²) in [5.41, 5.74) is 2.91. The Labute approximate surface area is 167 Å². The second kappa shape index (κ2) is 12.0. The first-order valence-electron chi connectivity index (χ1n) is 10.2. The van der Waals surface area contributed by atoms with Crippen LogP contribution in [0, 0.1) is 0 Å². The molecule has 0 saturated heterocycles. The van der Waals surface area contributed by atoms with Gasteiger partial charge in [-0.05, 0) is 48.2 Å². The molecule has 0 N–H and O–H groups in total. The van der Waals surface area contributed by atoms with Crippen molar-refractivity contribution in [2.75, 3.05) is 13.2 Å². The molecule has 0 heterocycles. The van der Waals surface area contributed by atoms with Crippen molar-refractivity contribution in [3.63, 3.8) is 0 Å². The molecule has 4 heteroatoms. The van der Waals surface area contributed by atoms with E-state index in [1.807, 2.05) is 30.3 Å². The molecular formula is C24H30O4. The minimum absolute atomic E-state index is 0.295. The summed E-state index contributed by atoms with van der Waals surface area (Å²) in [6, 6.07) is 14.6. The molecule has 0 amide bonds. The summed E-state index contributed by atoms with van der Waals surface area (Å²) in [4.78, 5) is 24.2. The number of carbonyl (C=O) groups excluding carboxylic acids is 2. The first kappa shape index (κ1) is 21.7. The molecular weight excluding hydrogens is 352 g/mol. The Balaban J connectivity index is 1.96. The van der Waals surface area contributed by atoms with Crippen molar-refractivity contribution < 1.29 is 19.1 Å². The maximum absolute atomic E-state index is 12.1. The van der Waals surface area contributed by atoms with Gasteiger partial charge < -0.3 is 9.47 Å². The number of benzene rings is 2. The van der Waals surface area contributed by atoms with Gasteiger partial charge in [-0.2, -0.15) is 0 Å². The van der Waals surface area contributed by atoms with Crippen LogP contribution in [0.15, 0.2) is 48.5 Å². The Morgan fingerprint density at radius 2 is 1.32 bits per heavy atom. The number of unbranched alkanes of at least 4 members (excludes halogenated alkanes) is 4. The van der Waals surface area contributed by atoms with Crippen LogP contribution in [0.2, 0.25) is 0 Å². The smallest absolute Gasteiger partial charge is 0.338 e. The number of carbonyl (C=O) groups is 2. The van der Waals surface area contributed by atoms with Crippen molar-refractivity contribution in [2.24, 2.45) is 0 Å². The van der Waals surface area contributed by atoms with E-state index in [1.165, 1.54) is 0 Å². The van der Waals surface area contributed by atoms with Gasteiger partial charge >= 0.3 is 11.9 Å². The third-order valence-electron chi connectivity index (χ3n) is 4.51. The Morgan fingerprint density at radius 3 is 2.00 bits per heavy atom. The number of ether oxygens (including phenoxy) is 2. The predicted octanol–water partition coefficient (Wildman–Crippen LogP) is 6.05. The molecule has 0 aliphatic rings. The van der Waals surface area contributed by atoms with Crippen molar-refractivity contribution in [3.8, 4) is 11.1 Å². The van der Waals surface area contributed by atoms with E-state index in [0.717, 1.165) is 49.7 Å². The molecule has 0 unspecified atom stereocenters. The van der Waals surface area contributed by atoms with E-state index in [2.05, 4.69) is 13.8 Å². The van der Waals surface area contributed by atoms with E-state index < -0.39 is 0 Å². The largest absolute Gasteiger partial charge is 0.462 e. The molecule has 0 saturated carbocycles. The van der Waals surface area contributed by atoms with E-state index in [1.54, 1.807) is 18.2 Å². The highest BCUT2D eigenvalue weighted by Crippen LogP contribution is 2.22. The monoisotopic (exact) mass is 382 g/mol. The van der Waals surface area contributed by atoms with E-state index >= 15 is 0 Å². The molecule has 0 aromatic heterocycles. The van der Waals surface area contributed by atoms with E-state index in [-0.39, 0.29) is 11.9 Å². The van der Waals surface area contributed by atoms with Crippen LogP contribution in [0.4, 0.5) is 0 Å². The average Bonchev–Trinajstić information content (AvgIpc) is 2.74. The fourth-order valence-electron chi connectivity index (χ4n) is 2.79. The van der Waals surface area contributed by atoms with Gasteiger partial charge in [0.05, 0.1) is 24.3 Å². The van der Waals surface area contributed by atoms with E-state index in [0.29, 0.717) is 24.3 Å². The van der Waals surface area contributed by atoms with Crippen LogP contribution in [0.5, 0.6) is 0 Å². The van der Waals surface area contributed by atoms with Gasteiger partial charge in [0.1, 0.15) is 0 Å². The normalized spacial score (nSPS) is 10.5. The first-order valence-corrected chi connectivity index (χ1v) is 10.2. The van der Waals surface area contributed by atoms with Crippen LogP contribution in [-0.2, 0) is 9.47 Å². The second-order valence-corrected chi connectivity index (χ2v) is 6.84. The zero-order chi connectivity index (χ0) is 20.2. The SMILES string of the molecule is CCCCCCOC(=O)c1ccc(-c2cccc(C(=O)OCCCC)c2)cc1. The maximum Gasteiger partial charge on any atom is 0.338 e. The summed E-state index contributed by atoms with van der Waals surface area (Å²) >= 11 is 0. The van der Waals surface area contributed by atoms with Gasteiger partial charge in [-0.1, -0.05) is 63.8 Å². The van der Waals surface area contributed by atoms with Crippen molar-refractivity contribution in [1.82, 2.24) is 0 Å². The van der Waals surface area contributed by atoms with Gasteiger partial charge in [-0.3, -0.25) is 0 Å². The lowest BCUT2D eigenvalue weighted by atomic mass is 10.0. The van der Waals surface area contributed by atoms with Gasteiger partial charge in [-0.15, -0.1) is 0 Å². The summed E-state index contributed by atoms with van der Waals surface area (Å²) in [7, 11) is 0. The van der Waals surface area contributed by atoms with Gasteiger partial charge in [0.25, 0.3) is 0 Å². The second-order valence-electron chi connectivity index (χ2n) is 6.84. The molecule has 2 aromatic rings. The topological polar surface area (TPSA) is 52.6 Å². The predicted molar refractivity (Wildman–Crippen MR) is 111 cm³/mol. The standard InChI is InChI=1S/C24H30O4/c1-3-5-7-8-17-28-23(25)20-14-12-19(13-15-20)21-10-9-11-22(18-21)24(26)27-16-6-4-2/h9-15,18H,3-8,16-17H2,1-2H3. The molecule has 0 fully saturated rings. The van der Waals surface area contributed by atoms with Crippen LogP contribution in [0.3, 0.4) is 0 Å². The third-order valence-corrected chi connectivity index (χ3v) is 4.51. The van der Waals surface area contributed by atoms with Gasteiger partial charge in [0.15, 0.2) is 0 Å². The summed E-state index contributed by atoms with van der Waals surface area (Å²) in [6.45, 7) is 5.11. The Kier molecular flexibility index (Phi) is 9.26. The lowest BCUT2D eigenvalue weighted by molar-refractivity contribution is 0.0489. The Bertz CT molecular complexity index is 749. The lowest BCUT2D eigenvalue weighted by Gasteiger charge is -2.08. The summed E-state index contributed by atoms with van der Waals surface area (Å²) in [5, 5.41) is 0. The van der Waals surface area contributed by atoms with Crippen molar-refractivity contribution in [3.05, 3.63) is 59.7 Å². The van der Waals surface area contributed by atoms with Crippen molar-refractivity contribution in [2.45, 2.75) is 52.4 Å². The number of hydrogen-bond donors (Lipinski definition) is 0. The molecule has 2 aromatic carbocycles. The third kappa shape index (κ3) is 6.84. The molecule has 0 aliphatic heterocycles. The van der Waals surface area contributed by atoms with Crippen LogP contribution in [0.25, 0.3) is 11.1 Å². The van der Waals surface area contributed by atoms with Crippen molar-refractivity contribution in [1.29, 1.82) is 0 Å². The molecule has 0 aliphatic carbocycles. The summed E-state index contributed by atoms with van der Waals surface area (Å²) < 4.78 is 10.6. The minimum atomic E-state index is -0.307. The fourth-order valence-corrected chi connectivity index (χ4v) is 2.79. The molecule has 0 bridgehead atoms. The molecule has 2 rings (SSSR count). The molecule has 4 nitrogen and oxygen atoms in total. The van der Waals surface area contributed by atoms with Gasteiger partial charge in [0.2, 0.25) is 0 Å². The molecule has 0 radical (unpaired) electrons. The zero-order valence-corrected chi connectivity index (χ0v) is 16.9. The Morgan fingerprint density at radius 1 is 0.679 bits per heavy atom. The number of esters is 2. The lowest BCUT2D eigenvalue weighted by Crippen LogP contribution is -2.07. The average molecular weight is 383 g/mol. The van der Waals surface area contributed by atoms with Gasteiger partial charge in [-0.25, -0.2) is 9.59 Å². The fraction of sp³-hybridized carbons (Fsp3) is 0.417.